The fraction of sp³-hybridized carbons (Fsp3) is 0.500. The smallest absolute Gasteiger partial charge is 0.122 e. The van der Waals surface area contributed by atoms with E-state index in [0.29, 0.717) is 0 Å². The molecule has 0 amide bonds. The van der Waals surface area contributed by atoms with Crippen LogP contribution in [0, 0.1) is 0 Å². The van der Waals surface area contributed by atoms with Gasteiger partial charge >= 0.3 is 0 Å². The number of aromatic nitrogens is 4. The Hall–Kier alpha value is -1.62. The molecular formula is C12H19N5. The van der Waals surface area contributed by atoms with Gasteiger partial charge in [-0.15, -0.1) is 0 Å². The van der Waals surface area contributed by atoms with Gasteiger partial charge in [-0.2, -0.15) is 5.10 Å². The third kappa shape index (κ3) is 2.74. The normalized spacial score (nSPS) is 11.3. The van der Waals surface area contributed by atoms with E-state index >= 15 is 0 Å². The molecule has 0 aromatic carbocycles. The maximum Gasteiger partial charge on any atom is 0.122 e. The van der Waals surface area contributed by atoms with Gasteiger partial charge in [0.05, 0.1) is 12.2 Å². The molecule has 0 spiro atoms. The van der Waals surface area contributed by atoms with Crippen molar-refractivity contribution in [2.45, 2.75) is 26.6 Å². The fourth-order valence-corrected chi connectivity index (χ4v) is 1.90. The standard InChI is InChI=1S/C12H19N5/c1-4-17-11(5-6-14-17)9-15(2)10-12-13-7-8-16(12)3/h5-8H,4,9-10H2,1-3H3. The maximum atomic E-state index is 4.33. The molecule has 0 unspecified atom stereocenters. The van der Waals surface area contributed by atoms with Crippen LogP contribution in [-0.2, 0) is 26.7 Å². The van der Waals surface area contributed by atoms with Gasteiger partial charge in [0.15, 0.2) is 0 Å². The third-order valence-corrected chi connectivity index (χ3v) is 2.87. The minimum Gasteiger partial charge on any atom is -0.337 e. The van der Waals surface area contributed by atoms with E-state index in [1.807, 2.05) is 34.9 Å². The molecule has 0 aliphatic rings. The predicted octanol–water partition coefficient (Wildman–Crippen LogP) is 1.27. The Morgan fingerprint density at radius 1 is 1.29 bits per heavy atom. The zero-order valence-electron chi connectivity index (χ0n) is 10.7. The van der Waals surface area contributed by atoms with Crippen LogP contribution in [0.4, 0.5) is 0 Å². The second-order valence-electron chi connectivity index (χ2n) is 4.26. The number of rotatable bonds is 5. The monoisotopic (exact) mass is 233 g/mol. The lowest BCUT2D eigenvalue weighted by molar-refractivity contribution is 0.296. The average molecular weight is 233 g/mol. The summed E-state index contributed by atoms with van der Waals surface area (Å²) < 4.78 is 4.07. The van der Waals surface area contributed by atoms with E-state index in [0.717, 1.165) is 25.5 Å². The lowest BCUT2D eigenvalue weighted by Gasteiger charge is -2.16. The molecule has 2 aromatic heterocycles. The molecule has 92 valence electrons. The van der Waals surface area contributed by atoms with E-state index in [1.54, 1.807) is 0 Å². The zero-order chi connectivity index (χ0) is 12.3. The summed E-state index contributed by atoms with van der Waals surface area (Å²) in [6, 6.07) is 2.07. The maximum absolute atomic E-state index is 4.33. The van der Waals surface area contributed by atoms with E-state index < -0.39 is 0 Å². The SMILES string of the molecule is CCn1nccc1CN(C)Cc1nccn1C. The van der Waals surface area contributed by atoms with Crippen LogP contribution >= 0.6 is 0 Å². The molecule has 0 saturated heterocycles. The summed E-state index contributed by atoms with van der Waals surface area (Å²) in [6.45, 7) is 4.76. The van der Waals surface area contributed by atoms with Crippen molar-refractivity contribution in [2.75, 3.05) is 7.05 Å². The molecule has 5 heteroatoms. The Bertz CT molecular complexity index is 471. The summed E-state index contributed by atoms with van der Waals surface area (Å²) >= 11 is 0. The summed E-state index contributed by atoms with van der Waals surface area (Å²) in [7, 11) is 4.12. The molecule has 17 heavy (non-hydrogen) atoms. The third-order valence-electron chi connectivity index (χ3n) is 2.87. The highest BCUT2D eigenvalue weighted by Crippen LogP contribution is 2.06. The molecule has 2 rings (SSSR count). The van der Waals surface area contributed by atoms with Gasteiger partial charge in [0, 0.05) is 38.7 Å². The number of hydrogen-bond donors (Lipinski definition) is 0. The van der Waals surface area contributed by atoms with Gasteiger partial charge in [-0.1, -0.05) is 0 Å². The van der Waals surface area contributed by atoms with Gasteiger partial charge in [-0.25, -0.2) is 4.98 Å². The van der Waals surface area contributed by atoms with Crippen molar-refractivity contribution in [2.24, 2.45) is 7.05 Å². The molecule has 0 bridgehead atoms. The highest BCUT2D eigenvalue weighted by Gasteiger charge is 2.07. The van der Waals surface area contributed by atoms with Crippen LogP contribution in [-0.4, -0.2) is 31.3 Å². The Labute approximate surface area is 102 Å². The van der Waals surface area contributed by atoms with E-state index in [2.05, 4.69) is 35.0 Å². The molecule has 0 aliphatic carbocycles. The molecule has 0 radical (unpaired) electrons. The van der Waals surface area contributed by atoms with Gasteiger partial charge in [0.1, 0.15) is 5.82 Å². The highest BCUT2D eigenvalue weighted by molar-refractivity contribution is 5.00. The Balaban J connectivity index is 1.98. The second-order valence-corrected chi connectivity index (χ2v) is 4.26. The second kappa shape index (κ2) is 5.14. The van der Waals surface area contributed by atoms with E-state index in [1.165, 1.54) is 5.69 Å². The molecular weight excluding hydrogens is 214 g/mol. The van der Waals surface area contributed by atoms with Gasteiger partial charge < -0.3 is 4.57 Å². The van der Waals surface area contributed by atoms with E-state index in [4.69, 9.17) is 0 Å². The quantitative estimate of drug-likeness (QED) is 0.780. The molecule has 2 heterocycles. The van der Waals surface area contributed by atoms with Crippen LogP contribution in [0.15, 0.2) is 24.7 Å². The van der Waals surface area contributed by atoms with Crippen LogP contribution < -0.4 is 0 Å². The first-order valence-corrected chi connectivity index (χ1v) is 5.86. The molecule has 0 saturated carbocycles. The van der Waals surface area contributed by atoms with Crippen molar-refractivity contribution in [1.82, 2.24) is 24.2 Å². The molecule has 0 atom stereocenters. The van der Waals surface area contributed by atoms with Crippen LogP contribution in [0.25, 0.3) is 0 Å². The van der Waals surface area contributed by atoms with Gasteiger partial charge in [-0.05, 0) is 20.0 Å². The first-order chi connectivity index (χ1) is 8.20. The van der Waals surface area contributed by atoms with Crippen molar-refractivity contribution in [1.29, 1.82) is 0 Å². The summed E-state index contributed by atoms with van der Waals surface area (Å²) in [4.78, 5) is 6.57. The fourth-order valence-electron chi connectivity index (χ4n) is 1.90. The number of aryl methyl sites for hydroxylation is 2. The average Bonchev–Trinajstić information content (AvgIpc) is 2.89. The largest absolute Gasteiger partial charge is 0.337 e. The van der Waals surface area contributed by atoms with Crippen molar-refractivity contribution in [3.8, 4) is 0 Å². The lowest BCUT2D eigenvalue weighted by atomic mass is 10.4. The minimum atomic E-state index is 0.846. The Kier molecular flexibility index (Phi) is 3.58. The topological polar surface area (TPSA) is 38.9 Å². The predicted molar refractivity (Wildman–Crippen MR) is 66.3 cm³/mol. The zero-order valence-corrected chi connectivity index (χ0v) is 10.7. The summed E-state index contributed by atoms with van der Waals surface area (Å²) in [5, 5.41) is 4.27. The van der Waals surface area contributed by atoms with Crippen molar-refractivity contribution in [3.63, 3.8) is 0 Å². The molecule has 0 fully saturated rings. The van der Waals surface area contributed by atoms with Gasteiger partial charge in [0.2, 0.25) is 0 Å². The van der Waals surface area contributed by atoms with Crippen LogP contribution in [0.1, 0.15) is 18.4 Å². The first kappa shape index (κ1) is 11.9. The van der Waals surface area contributed by atoms with Crippen molar-refractivity contribution in [3.05, 3.63) is 36.2 Å². The van der Waals surface area contributed by atoms with Crippen molar-refractivity contribution < 1.29 is 0 Å². The number of nitrogens with zero attached hydrogens (tertiary/aromatic N) is 5. The first-order valence-electron chi connectivity index (χ1n) is 5.86. The Morgan fingerprint density at radius 3 is 2.76 bits per heavy atom. The van der Waals surface area contributed by atoms with Crippen LogP contribution in [0.2, 0.25) is 0 Å². The van der Waals surface area contributed by atoms with E-state index in [9.17, 15) is 0 Å². The lowest BCUT2D eigenvalue weighted by Crippen LogP contribution is -2.21. The van der Waals surface area contributed by atoms with Crippen molar-refractivity contribution >= 4 is 0 Å². The van der Waals surface area contributed by atoms with E-state index in [-0.39, 0.29) is 0 Å². The molecule has 5 nitrogen and oxygen atoms in total. The van der Waals surface area contributed by atoms with Gasteiger partial charge in [-0.3, -0.25) is 9.58 Å². The molecule has 2 aromatic rings. The Morgan fingerprint density at radius 2 is 2.12 bits per heavy atom. The minimum absolute atomic E-state index is 0.846. The number of imidazole rings is 1. The van der Waals surface area contributed by atoms with Gasteiger partial charge in [0.25, 0.3) is 0 Å². The summed E-state index contributed by atoms with van der Waals surface area (Å²) in [5.41, 5.74) is 1.24. The molecule has 0 aliphatic heterocycles. The number of hydrogen-bond acceptors (Lipinski definition) is 3. The summed E-state index contributed by atoms with van der Waals surface area (Å²) in [6.07, 6.45) is 5.66. The summed E-state index contributed by atoms with van der Waals surface area (Å²) in [5.74, 6) is 1.08. The van der Waals surface area contributed by atoms with Crippen LogP contribution in [0.5, 0.6) is 0 Å². The van der Waals surface area contributed by atoms with Crippen LogP contribution in [0.3, 0.4) is 0 Å². The highest BCUT2D eigenvalue weighted by atomic mass is 15.3. The molecule has 0 N–H and O–H groups in total.